The highest BCUT2D eigenvalue weighted by Gasteiger charge is 2.16. The summed E-state index contributed by atoms with van der Waals surface area (Å²) in [6.45, 7) is 1.83. The molecule has 25 heavy (non-hydrogen) atoms. The molecule has 2 rings (SSSR count). The van der Waals surface area contributed by atoms with Crippen molar-refractivity contribution in [3.63, 3.8) is 0 Å². The molecule has 8 nitrogen and oxygen atoms in total. The number of hydrogen-bond acceptors (Lipinski definition) is 8. The molecule has 0 aliphatic carbocycles. The van der Waals surface area contributed by atoms with Gasteiger partial charge < -0.3 is 19.5 Å². The average Bonchev–Trinajstić information content (AvgIpc) is 2.99. The van der Waals surface area contributed by atoms with Gasteiger partial charge in [0.25, 0.3) is 0 Å². The van der Waals surface area contributed by atoms with Crippen LogP contribution in [0.2, 0.25) is 0 Å². The van der Waals surface area contributed by atoms with E-state index in [-0.39, 0.29) is 12.5 Å². The molecule has 1 aliphatic rings. The van der Waals surface area contributed by atoms with Crippen LogP contribution in [0.4, 0.5) is 0 Å². The summed E-state index contributed by atoms with van der Waals surface area (Å²) in [6, 6.07) is 3.53. The second-order valence-electron chi connectivity index (χ2n) is 4.61. The minimum atomic E-state index is -0.446. The van der Waals surface area contributed by atoms with Crippen molar-refractivity contribution in [2.75, 3.05) is 26.1 Å². The van der Waals surface area contributed by atoms with E-state index in [1.807, 2.05) is 6.07 Å². The van der Waals surface area contributed by atoms with Gasteiger partial charge in [0.05, 0.1) is 29.3 Å². The molecule has 0 spiro atoms. The van der Waals surface area contributed by atoms with Crippen molar-refractivity contribution in [3.05, 3.63) is 21.3 Å². The maximum atomic E-state index is 11.4. The summed E-state index contributed by atoms with van der Waals surface area (Å²) < 4.78 is 16.4. The van der Waals surface area contributed by atoms with Crippen LogP contribution in [0.1, 0.15) is 12.5 Å². The predicted octanol–water partition coefficient (Wildman–Crippen LogP) is 1.79. The number of methoxy groups -OCH3 is 1. The Balaban J connectivity index is 2.09. The molecule has 1 aromatic carbocycles. The van der Waals surface area contributed by atoms with Gasteiger partial charge in [0.1, 0.15) is 0 Å². The number of hydrogen-bond donors (Lipinski definition) is 1. The molecule has 1 heterocycles. The number of carbonyl (C=O) groups excluding carboxylic acids is 2. The number of rotatable bonds is 7. The van der Waals surface area contributed by atoms with Crippen LogP contribution in [0.25, 0.3) is 0 Å². The van der Waals surface area contributed by atoms with Gasteiger partial charge in [0.2, 0.25) is 5.91 Å². The summed E-state index contributed by atoms with van der Waals surface area (Å²) in [7, 11) is 1.51. The Bertz CT molecular complexity index is 723. The normalized spacial score (nSPS) is 15.5. The number of thioether (sulfide) groups is 1. The van der Waals surface area contributed by atoms with Gasteiger partial charge in [-0.05, 0) is 47.2 Å². The molecule has 0 aromatic heterocycles. The topological polar surface area (TPSA) is 98.6 Å². The van der Waals surface area contributed by atoms with Crippen LogP contribution >= 0.6 is 34.4 Å². The quantitative estimate of drug-likeness (QED) is 0.279. The van der Waals surface area contributed by atoms with Crippen molar-refractivity contribution in [1.82, 2.24) is 5.32 Å². The highest BCUT2D eigenvalue weighted by molar-refractivity contribution is 14.1. The molecule has 0 radical (unpaired) electrons. The first-order valence-electron chi connectivity index (χ1n) is 7.23. The number of nitrogens with one attached hydrogen (secondary N) is 1. The Morgan fingerprint density at radius 2 is 2.28 bits per heavy atom. The van der Waals surface area contributed by atoms with Crippen LogP contribution in [0, 0.1) is 3.57 Å². The molecule has 10 heteroatoms. The lowest BCUT2D eigenvalue weighted by atomic mass is 10.2. The highest BCUT2D eigenvalue weighted by atomic mass is 127. The summed E-state index contributed by atoms with van der Waals surface area (Å²) in [5.74, 6) is 0.746. The van der Waals surface area contributed by atoms with Crippen molar-refractivity contribution in [2.45, 2.75) is 6.92 Å². The molecule has 1 aromatic rings. The summed E-state index contributed by atoms with van der Waals surface area (Å²) in [5.41, 5.74) is 0.739. The number of esters is 1. The van der Waals surface area contributed by atoms with Crippen molar-refractivity contribution in [3.8, 4) is 11.5 Å². The van der Waals surface area contributed by atoms with E-state index >= 15 is 0 Å². The first-order valence-corrected chi connectivity index (χ1v) is 9.29. The maximum absolute atomic E-state index is 11.4. The van der Waals surface area contributed by atoms with Crippen LogP contribution < -0.4 is 14.8 Å². The van der Waals surface area contributed by atoms with E-state index in [1.165, 1.54) is 25.1 Å². The van der Waals surface area contributed by atoms with Crippen LogP contribution in [0.15, 0.2) is 22.3 Å². The van der Waals surface area contributed by atoms with E-state index in [1.54, 1.807) is 13.0 Å². The lowest BCUT2D eigenvalue weighted by molar-refractivity contribution is -0.145. The van der Waals surface area contributed by atoms with E-state index in [4.69, 9.17) is 14.2 Å². The Morgan fingerprint density at radius 3 is 2.92 bits per heavy atom. The number of halogens is 1. The number of amides is 1. The summed E-state index contributed by atoms with van der Waals surface area (Å²) in [6.07, 6.45) is 1.54. The van der Waals surface area contributed by atoms with Crippen molar-refractivity contribution in [1.29, 1.82) is 0 Å². The van der Waals surface area contributed by atoms with Gasteiger partial charge in [-0.25, -0.2) is 4.79 Å². The molecule has 0 bridgehead atoms. The molecular weight excluding hydrogens is 461 g/mol. The third kappa shape index (κ3) is 5.88. The number of nitrogens with zero attached hydrogens (tertiary/aromatic N) is 2. The third-order valence-corrected chi connectivity index (χ3v) is 4.50. The second kappa shape index (κ2) is 9.61. The summed E-state index contributed by atoms with van der Waals surface area (Å²) in [4.78, 5) is 22.5. The molecule has 134 valence electrons. The van der Waals surface area contributed by atoms with E-state index in [0.29, 0.717) is 29.0 Å². The van der Waals surface area contributed by atoms with Gasteiger partial charge >= 0.3 is 5.97 Å². The number of carbonyl (C=O) groups is 2. The average molecular weight is 477 g/mol. The molecule has 0 unspecified atom stereocenters. The molecule has 0 saturated carbocycles. The zero-order valence-corrected chi connectivity index (χ0v) is 16.5. The fourth-order valence-electron chi connectivity index (χ4n) is 1.82. The van der Waals surface area contributed by atoms with Crippen LogP contribution in [-0.4, -0.2) is 49.3 Å². The molecule has 1 aliphatic heterocycles. The Morgan fingerprint density at radius 1 is 1.48 bits per heavy atom. The van der Waals surface area contributed by atoms with Crippen LogP contribution in [0.5, 0.6) is 11.5 Å². The lowest BCUT2D eigenvalue weighted by Crippen LogP contribution is -2.19. The number of ether oxygens (including phenoxy) is 3. The van der Waals surface area contributed by atoms with E-state index < -0.39 is 5.97 Å². The molecular formula is C15H16IN3O5S. The van der Waals surface area contributed by atoms with E-state index in [2.05, 4.69) is 38.1 Å². The molecule has 1 N–H and O–H groups in total. The van der Waals surface area contributed by atoms with Gasteiger partial charge in [-0.2, -0.15) is 5.10 Å². The fourth-order valence-corrected chi connectivity index (χ4v) is 3.23. The van der Waals surface area contributed by atoms with Gasteiger partial charge in [-0.3, -0.25) is 4.79 Å². The first kappa shape index (κ1) is 19.5. The summed E-state index contributed by atoms with van der Waals surface area (Å²) >= 11 is 3.38. The molecule has 1 amide bonds. The molecule has 1 fully saturated rings. The van der Waals surface area contributed by atoms with Crippen molar-refractivity contribution in [2.24, 2.45) is 10.2 Å². The van der Waals surface area contributed by atoms with Crippen molar-refractivity contribution >= 4 is 57.6 Å². The minimum Gasteiger partial charge on any atom is -0.493 e. The highest BCUT2D eigenvalue weighted by Crippen LogP contribution is 2.33. The zero-order chi connectivity index (χ0) is 18.2. The van der Waals surface area contributed by atoms with E-state index in [0.717, 1.165) is 9.13 Å². The maximum Gasteiger partial charge on any atom is 0.344 e. The predicted molar refractivity (Wildman–Crippen MR) is 103 cm³/mol. The lowest BCUT2D eigenvalue weighted by Gasteiger charge is -2.12. The monoisotopic (exact) mass is 477 g/mol. The largest absolute Gasteiger partial charge is 0.493 e. The molecule has 0 atom stereocenters. The van der Waals surface area contributed by atoms with Crippen LogP contribution in [-0.2, 0) is 14.3 Å². The second-order valence-corrected chi connectivity index (χ2v) is 6.74. The van der Waals surface area contributed by atoms with Gasteiger partial charge in [-0.15, -0.1) is 5.10 Å². The standard InChI is InChI=1S/C15H16IN3O5S/c1-3-23-13(21)7-24-14-10(16)4-9(5-11(14)22-2)6-17-19-15-18-12(20)8-25-15/h4-6H,3,7-8H2,1-2H3,(H,18,19,20). The molecule has 1 saturated heterocycles. The first-order chi connectivity index (χ1) is 12.0. The fraction of sp³-hybridized carbons (Fsp3) is 0.333. The Hall–Kier alpha value is -1.82. The van der Waals surface area contributed by atoms with E-state index in [9.17, 15) is 9.59 Å². The van der Waals surface area contributed by atoms with Gasteiger partial charge in [-0.1, -0.05) is 11.8 Å². The van der Waals surface area contributed by atoms with Gasteiger partial charge in [0.15, 0.2) is 23.3 Å². The minimum absolute atomic E-state index is 0.0849. The van der Waals surface area contributed by atoms with Gasteiger partial charge in [0, 0.05) is 0 Å². The number of amidine groups is 1. The van der Waals surface area contributed by atoms with Crippen LogP contribution in [0.3, 0.4) is 0 Å². The smallest absolute Gasteiger partial charge is 0.344 e. The Kier molecular flexibility index (Phi) is 7.50. The number of benzene rings is 1. The Labute approximate surface area is 162 Å². The summed E-state index contributed by atoms with van der Waals surface area (Å²) in [5, 5.41) is 11.0. The third-order valence-electron chi connectivity index (χ3n) is 2.83. The van der Waals surface area contributed by atoms with Crippen molar-refractivity contribution < 1.29 is 23.8 Å². The SMILES string of the molecule is CCOC(=O)COc1c(I)cc(C=NN=C2NC(=O)CS2)cc1OC. The zero-order valence-electron chi connectivity index (χ0n) is 13.6.